The lowest BCUT2D eigenvalue weighted by molar-refractivity contribution is 0.0695. The van der Waals surface area contributed by atoms with Gasteiger partial charge in [0.1, 0.15) is 0 Å². The van der Waals surface area contributed by atoms with Gasteiger partial charge in [-0.3, -0.25) is 0 Å². The van der Waals surface area contributed by atoms with Crippen molar-refractivity contribution < 1.29 is 14.7 Å². The third-order valence-corrected chi connectivity index (χ3v) is 2.96. The Morgan fingerprint density at radius 3 is 2.57 bits per heavy atom. The van der Waals surface area contributed by atoms with Crippen molar-refractivity contribution in [3.63, 3.8) is 0 Å². The van der Waals surface area contributed by atoms with Crippen molar-refractivity contribution in [1.82, 2.24) is 10.6 Å². The Morgan fingerprint density at radius 2 is 1.86 bits per heavy atom. The van der Waals surface area contributed by atoms with Gasteiger partial charge in [-0.15, -0.1) is 12.3 Å². The second-order valence-electron chi connectivity index (χ2n) is 4.56. The van der Waals surface area contributed by atoms with Gasteiger partial charge in [-0.1, -0.05) is 18.2 Å². The number of hydrogen-bond donors (Lipinski definition) is 3. The average Bonchev–Trinajstić information content (AvgIpc) is 2.47. The van der Waals surface area contributed by atoms with Crippen molar-refractivity contribution in [1.29, 1.82) is 0 Å². The van der Waals surface area contributed by atoms with Crippen LogP contribution in [0.1, 0.15) is 35.2 Å². The second-order valence-corrected chi connectivity index (χ2v) is 4.56. The van der Waals surface area contributed by atoms with Gasteiger partial charge in [0.05, 0.1) is 5.56 Å². The number of hydrogen-bond acceptors (Lipinski definition) is 2. The summed E-state index contributed by atoms with van der Waals surface area (Å²) in [5, 5.41) is 14.5. The third kappa shape index (κ3) is 6.48. The molecule has 5 heteroatoms. The molecule has 1 aromatic rings. The summed E-state index contributed by atoms with van der Waals surface area (Å²) in [6.45, 7) is 0.972. The Kier molecular flexibility index (Phi) is 7.44. The molecule has 0 aliphatic heterocycles. The van der Waals surface area contributed by atoms with Gasteiger partial charge in [-0.25, -0.2) is 9.59 Å². The molecule has 0 aliphatic carbocycles. The molecule has 0 aliphatic rings. The van der Waals surface area contributed by atoms with Crippen molar-refractivity contribution in [3.8, 4) is 12.3 Å². The summed E-state index contributed by atoms with van der Waals surface area (Å²) in [5.41, 5.74) is 0.980. The second kappa shape index (κ2) is 9.43. The maximum Gasteiger partial charge on any atom is 0.335 e. The Balaban J connectivity index is 2.26. The zero-order chi connectivity index (χ0) is 15.5. The van der Waals surface area contributed by atoms with Crippen molar-refractivity contribution in [2.24, 2.45) is 0 Å². The smallest absolute Gasteiger partial charge is 0.335 e. The van der Waals surface area contributed by atoms with E-state index in [2.05, 4.69) is 16.6 Å². The number of rotatable bonds is 8. The minimum absolute atomic E-state index is 0.247. The van der Waals surface area contributed by atoms with E-state index in [1.54, 1.807) is 24.3 Å². The van der Waals surface area contributed by atoms with E-state index in [0.29, 0.717) is 25.1 Å². The highest BCUT2D eigenvalue weighted by atomic mass is 16.4. The standard InChI is InChI=1S/C16H20N2O3/c1-2-3-4-7-11-17-16(21)18-12-10-13-8-5-6-9-14(13)15(19)20/h1,5-6,8-9H,3-4,7,10-12H2,(H,19,20)(H2,17,18,21). The average molecular weight is 288 g/mol. The molecule has 0 atom stereocenters. The zero-order valence-electron chi connectivity index (χ0n) is 11.9. The molecule has 1 rings (SSSR count). The number of unbranched alkanes of at least 4 members (excludes halogenated alkanes) is 2. The summed E-state index contributed by atoms with van der Waals surface area (Å²) in [7, 11) is 0. The molecule has 1 aromatic carbocycles. The maximum absolute atomic E-state index is 11.5. The maximum atomic E-state index is 11.5. The molecule has 0 aromatic heterocycles. The summed E-state index contributed by atoms with van der Waals surface area (Å²) in [4.78, 5) is 22.5. The Labute approximate surface area is 124 Å². The number of terminal acetylenes is 1. The van der Waals surface area contributed by atoms with E-state index in [4.69, 9.17) is 11.5 Å². The first-order valence-electron chi connectivity index (χ1n) is 6.91. The fourth-order valence-corrected chi connectivity index (χ4v) is 1.87. The Hall–Kier alpha value is -2.48. The molecule has 21 heavy (non-hydrogen) atoms. The highest BCUT2D eigenvalue weighted by Gasteiger charge is 2.08. The predicted octanol–water partition coefficient (Wildman–Crippen LogP) is 2.03. The fourth-order valence-electron chi connectivity index (χ4n) is 1.87. The van der Waals surface area contributed by atoms with Crippen molar-refractivity contribution in [2.45, 2.75) is 25.7 Å². The van der Waals surface area contributed by atoms with Crippen LogP contribution in [0.3, 0.4) is 0 Å². The normalized spacial score (nSPS) is 9.67. The fraction of sp³-hybridized carbons (Fsp3) is 0.375. The zero-order valence-corrected chi connectivity index (χ0v) is 11.9. The Bertz CT molecular complexity index is 520. The molecule has 0 spiro atoms. The molecule has 0 saturated carbocycles. The van der Waals surface area contributed by atoms with Gasteiger partial charge < -0.3 is 15.7 Å². The van der Waals surface area contributed by atoms with E-state index in [9.17, 15) is 9.59 Å². The summed E-state index contributed by atoms with van der Waals surface area (Å²) in [6.07, 6.45) is 8.07. The molecular weight excluding hydrogens is 268 g/mol. The lowest BCUT2D eigenvalue weighted by Gasteiger charge is -2.08. The summed E-state index contributed by atoms with van der Waals surface area (Å²) in [6, 6.07) is 6.53. The predicted molar refractivity (Wildman–Crippen MR) is 81.2 cm³/mol. The summed E-state index contributed by atoms with van der Waals surface area (Å²) >= 11 is 0. The number of urea groups is 1. The number of benzene rings is 1. The first-order valence-corrected chi connectivity index (χ1v) is 6.91. The monoisotopic (exact) mass is 288 g/mol. The van der Waals surface area contributed by atoms with E-state index in [1.165, 1.54) is 0 Å². The van der Waals surface area contributed by atoms with Gasteiger partial charge in [0.2, 0.25) is 0 Å². The van der Waals surface area contributed by atoms with E-state index >= 15 is 0 Å². The van der Waals surface area contributed by atoms with Crippen molar-refractivity contribution >= 4 is 12.0 Å². The number of carbonyl (C=O) groups is 2. The quantitative estimate of drug-likeness (QED) is 0.506. The van der Waals surface area contributed by atoms with Crippen LogP contribution in [0.4, 0.5) is 4.79 Å². The number of carbonyl (C=O) groups excluding carboxylic acids is 1. The van der Waals surface area contributed by atoms with E-state index in [-0.39, 0.29) is 11.6 Å². The number of aromatic carboxylic acids is 1. The molecule has 0 saturated heterocycles. The number of amides is 2. The molecule has 0 radical (unpaired) electrons. The topological polar surface area (TPSA) is 78.4 Å². The minimum atomic E-state index is -0.955. The van der Waals surface area contributed by atoms with Gasteiger partial charge in [0, 0.05) is 19.5 Å². The molecule has 112 valence electrons. The van der Waals surface area contributed by atoms with E-state index < -0.39 is 5.97 Å². The van der Waals surface area contributed by atoms with Crippen molar-refractivity contribution in [3.05, 3.63) is 35.4 Å². The molecule has 0 unspecified atom stereocenters. The first kappa shape index (κ1) is 16.6. The number of carboxylic acids is 1. The van der Waals surface area contributed by atoms with Gasteiger partial charge in [-0.2, -0.15) is 0 Å². The number of carboxylic acid groups (broad SMARTS) is 1. The van der Waals surface area contributed by atoms with Gasteiger partial charge >= 0.3 is 12.0 Å². The van der Waals surface area contributed by atoms with Crippen LogP contribution in [0.5, 0.6) is 0 Å². The largest absolute Gasteiger partial charge is 0.478 e. The molecule has 0 bridgehead atoms. The van der Waals surface area contributed by atoms with Crippen LogP contribution >= 0.6 is 0 Å². The number of nitrogens with one attached hydrogen (secondary N) is 2. The van der Waals surface area contributed by atoms with Gasteiger partial charge in [0.15, 0.2) is 0 Å². The SMILES string of the molecule is C#CCCCCNC(=O)NCCc1ccccc1C(=O)O. The minimum Gasteiger partial charge on any atom is -0.478 e. The third-order valence-electron chi connectivity index (χ3n) is 2.96. The van der Waals surface area contributed by atoms with E-state index in [0.717, 1.165) is 19.3 Å². The van der Waals surface area contributed by atoms with Gasteiger partial charge in [0.25, 0.3) is 0 Å². The van der Waals surface area contributed by atoms with Crippen LogP contribution in [0.2, 0.25) is 0 Å². The van der Waals surface area contributed by atoms with Crippen LogP contribution in [0, 0.1) is 12.3 Å². The highest BCUT2D eigenvalue weighted by Crippen LogP contribution is 2.08. The summed E-state index contributed by atoms with van der Waals surface area (Å²) in [5.74, 6) is 1.59. The van der Waals surface area contributed by atoms with Gasteiger partial charge in [-0.05, 0) is 30.9 Å². The molecule has 0 heterocycles. The molecule has 2 amide bonds. The van der Waals surface area contributed by atoms with Crippen LogP contribution < -0.4 is 10.6 Å². The lowest BCUT2D eigenvalue weighted by atomic mass is 10.0. The van der Waals surface area contributed by atoms with E-state index in [1.807, 2.05) is 0 Å². The summed E-state index contributed by atoms with van der Waals surface area (Å²) < 4.78 is 0. The van der Waals surface area contributed by atoms with Crippen LogP contribution in [-0.4, -0.2) is 30.2 Å². The highest BCUT2D eigenvalue weighted by molar-refractivity contribution is 5.89. The molecule has 5 nitrogen and oxygen atoms in total. The first-order chi connectivity index (χ1) is 10.1. The van der Waals surface area contributed by atoms with Crippen LogP contribution in [-0.2, 0) is 6.42 Å². The van der Waals surface area contributed by atoms with Crippen LogP contribution in [0.25, 0.3) is 0 Å². The lowest BCUT2D eigenvalue weighted by Crippen LogP contribution is -2.37. The molecule has 0 fully saturated rings. The van der Waals surface area contributed by atoms with Crippen LogP contribution in [0.15, 0.2) is 24.3 Å². The van der Waals surface area contributed by atoms with Crippen molar-refractivity contribution in [2.75, 3.05) is 13.1 Å². The molecular formula is C16H20N2O3. The Morgan fingerprint density at radius 1 is 1.14 bits per heavy atom. The molecule has 3 N–H and O–H groups in total.